The van der Waals surface area contributed by atoms with E-state index in [0.29, 0.717) is 5.54 Å². The number of fused-ring (bicyclic) bond motifs is 2. The van der Waals surface area contributed by atoms with E-state index in [0.717, 1.165) is 18.1 Å². The molecule has 2 atom stereocenters. The Balaban J connectivity index is 2.00. The molecular weight excluding hydrogens is 172 g/mol. The second-order valence-corrected chi connectivity index (χ2v) is 6.21. The molecule has 0 aromatic heterocycles. The van der Waals surface area contributed by atoms with Crippen molar-refractivity contribution in [3.63, 3.8) is 0 Å². The highest BCUT2D eigenvalue weighted by atomic mass is 15.3. The van der Waals surface area contributed by atoms with Gasteiger partial charge in [-0.25, -0.2) is 0 Å². The van der Waals surface area contributed by atoms with Gasteiger partial charge in [-0.1, -0.05) is 0 Å². The number of piperidine rings is 1. The summed E-state index contributed by atoms with van der Waals surface area (Å²) in [5.41, 5.74) is 0.380. The third-order valence-corrected chi connectivity index (χ3v) is 3.92. The van der Waals surface area contributed by atoms with Crippen molar-refractivity contribution in [1.29, 1.82) is 0 Å². The fourth-order valence-electron chi connectivity index (χ4n) is 3.36. The predicted octanol–water partition coefficient (Wildman–Crippen LogP) is 1.95. The molecular formula is C12H24N2. The van der Waals surface area contributed by atoms with Gasteiger partial charge in [-0.15, -0.1) is 0 Å². The normalized spacial score (nSPS) is 38.6. The molecule has 0 amide bonds. The largest absolute Gasteiger partial charge is 0.306 e. The van der Waals surface area contributed by atoms with Crippen LogP contribution >= 0.6 is 0 Å². The first-order valence-corrected chi connectivity index (χ1v) is 5.84. The predicted molar refractivity (Wildman–Crippen MR) is 60.5 cm³/mol. The molecule has 0 N–H and O–H groups in total. The summed E-state index contributed by atoms with van der Waals surface area (Å²) in [4.78, 5) is 5.13. The van der Waals surface area contributed by atoms with Crippen LogP contribution in [0.1, 0.15) is 40.0 Å². The van der Waals surface area contributed by atoms with Crippen molar-refractivity contribution >= 4 is 0 Å². The monoisotopic (exact) mass is 196 g/mol. The molecule has 2 unspecified atom stereocenters. The van der Waals surface area contributed by atoms with E-state index in [1.54, 1.807) is 0 Å². The molecule has 2 saturated heterocycles. The van der Waals surface area contributed by atoms with Crippen molar-refractivity contribution in [1.82, 2.24) is 9.80 Å². The second-order valence-electron chi connectivity index (χ2n) is 6.21. The summed E-state index contributed by atoms with van der Waals surface area (Å²) in [6, 6.07) is 2.56. The molecule has 82 valence electrons. The maximum absolute atomic E-state index is 2.73. The van der Waals surface area contributed by atoms with Gasteiger partial charge < -0.3 is 4.90 Å². The SMILES string of the molecule is CN(C)C1CC2CC(C1)N2C(C)(C)C. The highest BCUT2D eigenvalue weighted by Gasteiger charge is 2.49. The molecule has 1 aliphatic carbocycles. The average Bonchev–Trinajstić information content (AvgIpc) is 2.00. The Kier molecular flexibility index (Phi) is 2.39. The van der Waals surface area contributed by atoms with Gasteiger partial charge in [0.2, 0.25) is 0 Å². The van der Waals surface area contributed by atoms with Gasteiger partial charge in [0, 0.05) is 23.7 Å². The summed E-state index contributed by atoms with van der Waals surface area (Å²) in [6.07, 6.45) is 4.20. The van der Waals surface area contributed by atoms with Gasteiger partial charge in [0.15, 0.2) is 0 Å². The molecule has 3 rings (SSSR count). The van der Waals surface area contributed by atoms with Gasteiger partial charge in [0.25, 0.3) is 0 Å². The van der Waals surface area contributed by atoms with Crippen LogP contribution in [0.4, 0.5) is 0 Å². The summed E-state index contributed by atoms with van der Waals surface area (Å²) in [7, 11) is 4.44. The molecule has 0 aromatic carbocycles. The third kappa shape index (κ3) is 1.59. The minimum absolute atomic E-state index is 0.380. The first kappa shape index (κ1) is 10.4. The van der Waals surface area contributed by atoms with Gasteiger partial charge in [0.1, 0.15) is 0 Å². The Morgan fingerprint density at radius 3 is 1.86 bits per heavy atom. The zero-order valence-corrected chi connectivity index (χ0v) is 10.2. The van der Waals surface area contributed by atoms with Crippen molar-refractivity contribution in [3.05, 3.63) is 0 Å². The van der Waals surface area contributed by atoms with E-state index in [9.17, 15) is 0 Å². The Hall–Kier alpha value is -0.0800. The van der Waals surface area contributed by atoms with Crippen LogP contribution in [0.2, 0.25) is 0 Å². The van der Waals surface area contributed by atoms with Gasteiger partial charge in [-0.3, -0.25) is 4.90 Å². The standard InChI is InChI=1S/C12H24N2/c1-12(2,3)14-10-6-9(13(4)5)7-11(14)8-10/h9-11H,6-8H2,1-5H3. The molecule has 2 heterocycles. The number of hydrogen-bond acceptors (Lipinski definition) is 2. The van der Waals surface area contributed by atoms with E-state index in [1.807, 2.05) is 0 Å². The number of hydrogen-bond donors (Lipinski definition) is 0. The molecule has 2 bridgehead atoms. The lowest BCUT2D eigenvalue weighted by Gasteiger charge is -2.61. The fourth-order valence-corrected chi connectivity index (χ4v) is 3.36. The van der Waals surface area contributed by atoms with Crippen molar-refractivity contribution in [2.75, 3.05) is 14.1 Å². The van der Waals surface area contributed by atoms with E-state index in [2.05, 4.69) is 44.7 Å². The zero-order chi connectivity index (χ0) is 10.5. The Morgan fingerprint density at radius 1 is 1.00 bits per heavy atom. The quantitative estimate of drug-likeness (QED) is 0.632. The molecule has 0 spiro atoms. The van der Waals surface area contributed by atoms with Crippen molar-refractivity contribution in [2.45, 2.75) is 63.7 Å². The lowest BCUT2D eigenvalue weighted by molar-refractivity contribution is -0.111. The van der Waals surface area contributed by atoms with Gasteiger partial charge in [-0.05, 0) is 54.1 Å². The van der Waals surface area contributed by atoms with Gasteiger partial charge >= 0.3 is 0 Å². The minimum Gasteiger partial charge on any atom is -0.306 e. The summed E-state index contributed by atoms with van der Waals surface area (Å²) in [6.45, 7) is 7.05. The lowest BCUT2D eigenvalue weighted by Crippen LogP contribution is -2.68. The smallest absolute Gasteiger partial charge is 0.0133 e. The molecule has 0 radical (unpaired) electrons. The summed E-state index contributed by atoms with van der Waals surface area (Å²) < 4.78 is 0. The Morgan fingerprint density at radius 2 is 1.50 bits per heavy atom. The van der Waals surface area contributed by atoms with Crippen LogP contribution in [-0.2, 0) is 0 Å². The molecule has 2 heteroatoms. The van der Waals surface area contributed by atoms with E-state index in [-0.39, 0.29) is 0 Å². The number of rotatable bonds is 1. The molecule has 14 heavy (non-hydrogen) atoms. The Labute approximate surface area is 88.3 Å². The third-order valence-electron chi connectivity index (χ3n) is 3.92. The zero-order valence-electron chi connectivity index (χ0n) is 10.2. The number of nitrogens with zero attached hydrogens (tertiary/aromatic N) is 2. The maximum atomic E-state index is 2.73. The van der Waals surface area contributed by atoms with Gasteiger partial charge in [-0.2, -0.15) is 0 Å². The maximum Gasteiger partial charge on any atom is 0.0133 e. The summed E-state index contributed by atoms with van der Waals surface area (Å²) >= 11 is 0. The average molecular weight is 196 g/mol. The molecule has 0 aromatic rings. The molecule has 2 aliphatic heterocycles. The summed E-state index contributed by atoms with van der Waals surface area (Å²) in [5.74, 6) is 0. The highest BCUT2D eigenvalue weighted by molar-refractivity contribution is 5.06. The van der Waals surface area contributed by atoms with E-state index in [1.165, 1.54) is 19.3 Å². The first-order valence-electron chi connectivity index (χ1n) is 5.84. The fraction of sp³-hybridized carbons (Fsp3) is 1.00. The molecule has 3 aliphatic rings. The molecule has 2 nitrogen and oxygen atoms in total. The Bertz CT molecular complexity index is 205. The van der Waals surface area contributed by atoms with Crippen molar-refractivity contribution < 1.29 is 0 Å². The molecule has 3 fully saturated rings. The van der Waals surface area contributed by atoms with Crippen LogP contribution in [-0.4, -0.2) is 47.6 Å². The van der Waals surface area contributed by atoms with Crippen LogP contribution in [0.5, 0.6) is 0 Å². The van der Waals surface area contributed by atoms with Crippen LogP contribution in [0.15, 0.2) is 0 Å². The molecule has 1 saturated carbocycles. The van der Waals surface area contributed by atoms with E-state index in [4.69, 9.17) is 0 Å². The van der Waals surface area contributed by atoms with E-state index < -0.39 is 0 Å². The van der Waals surface area contributed by atoms with Crippen LogP contribution < -0.4 is 0 Å². The van der Waals surface area contributed by atoms with Gasteiger partial charge in [0.05, 0.1) is 0 Å². The van der Waals surface area contributed by atoms with Crippen molar-refractivity contribution in [3.8, 4) is 0 Å². The second kappa shape index (κ2) is 3.21. The van der Waals surface area contributed by atoms with Crippen LogP contribution in [0, 0.1) is 0 Å². The minimum atomic E-state index is 0.380. The lowest BCUT2D eigenvalue weighted by atomic mass is 9.73. The van der Waals surface area contributed by atoms with Crippen LogP contribution in [0.3, 0.4) is 0 Å². The van der Waals surface area contributed by atoms with E-state index >= 15 is 0 Å². The van der Waals surface area contributed by atoms with Crippen LogP contribution in [0.25, 0.3) is 0 Å². The highest BCUT2D eigenvalue weighted by Crippen LogP contribution is 2.43. The topological polar surface area (TPSA) is 6.48 Å². The van der Waals surface area contributed by atoms with Crippen molar-refractivity contribution in [2.24, 2.45) is 0 Å². The first-order chi connectivity index (χ1) is 6.39. The summed E-state index contributed by atoms with van der Waals surface area (Å²) in [5, 5.41) is 0.